The average Bonchev–Trinajstić information content (AvgIpc) is 2.57. The van der Waals surface area contributed by atoms with E-state index < -0.39 is 6.03 Å². The van der Waals surface area contributed by atoms with Crippen molar-refractivity contribution in [3.05, 3.63) is 29.3 Å². The van der Waals surface area contributed by atoms with E-state index in [1.54, 1.807) is 7.05 Å². The molecule has 1 aliphatic rings. The van der Waals surface area contributed by atoms with Crippen LogP contribution in [0.25, 0.3) is 0 Å². The second kappa shape index (κ2) is 3.84. The molecular formula is C11H13N3O2. The standard InChI is InChI=1S/C11H13N3O2/c1-14(11(12)16)6-7-2-3-9-8(4-7)5-10(15)13-9/h2-4H,5-6H2,1H3,(H2,12,16)(H,13,15). The van der Waals surface area contributed by atoms with E-state index in [0.717, 1.165) is 16.8 Å². The van der Waals surface area contributed by atoms with E-state index >= 15 is 0 Å². The van der Waals surface area contributed by atoms with Gasteiger partial charge in [0.15, 0.2) is 0 Å². The number of urea groups is 1. The fraction of sp³-hybridized carbons (Fsp3) is 0.273. The molecule has 5 nitrogen and oxygen atoms in total. The lowest BCUT2D eigenvalue weighted by atomic mass is 10.1. The van der Waals surface area contributed by atoms with Gasteiger partial charge >= 0.3 is 6.03 Å². The maximum Gasteiger partial charge on any atom is 0.314 e. The van der Waals surface area contributed by atoms with Crippen LogP contribution >= 0.6 is 0 Å². The van der Waals surface area contributed by atoms with Gasteiger partial charge in [-0.25, -0.2) is 4.79 Å². The van der Waals surface area contributed by atoms with Gasteiger partial charge in [0.25, 0.3) is 0 Å². The number of primary amides is 1. The zero-order valence-corrected chi connectivity index (χ0v) is 8.99. The SMILES string of the molecule is CN(Cc1ccc2c(c1)CC(=O)N2)C(N)=O. The third-order valence-corrected chi connectivity index (χ3v) is 2.59. The van der Waals surface area contributed by atoms with Crippen molar-refractivity contribution in [2.24, 2.45) is 5.73 Å². The van der Waals surface area contributed by atoms with E-state index in [-0.39, 0.29) is 5.91 Å². The number of nitrogens with two attached hydrogens (primary N) is 1. The van der Waals surface area contributed by atoms with E-state index in [2.05, 4.69) is 5.32 Å². The van der Waals surface area contributed by atoms with E-state index in [1.807, 2.05) is 18.2 Å². The number of benzene rings is 1. The molecule has 1 heterocycles. The molecule has 1 aliphatic heterocycles. The third kappa shape index (κ3) is 1.98. The highest BCUT2D eigenvalue weighted by molar-refractivity contribution is 5.99. The molecule has 0 saturated heterocycles. The largest absolute Gasteiger partial charge is 0.351 e. The highest BCUT2D eigenvalue weighted by Gasteiger charge is 2.17. The Balaban J connectivity index is 2.16. The van der Waals surface area contributed by atoms with Crippen LogP contribution in [-0.2, 0) is 17.8 Å². The summed E-state index contributed by atoms with van der Waals surface area (Å²) in [7, 11) is 1.64. The Hall–Kier alpha value is -2.04. The smallest absolute Gasteiger partial charge is 0.314 e. The number of nitrogens with one attached hydrogen (secondary N) is 1. The normalized spacial score (nSPS) is 13.2. The Morgan fingerprint density at radius 1 is 1.56 bits per heavy atom. The van der Waals surface area contributed by atoms with Gasteiger partial charge in [0.2, 0.25) is 5.91 Å². The number of hydrogen-bond donors (Lipinski definition) is 2. The van der Waals surface area contributed by atoms with Crippen LogP contribution in [0.5, 0.6) is 0 Å². The van der Waals surface area contributed by atoms with Crippen LogP contribution in [0.4, 0.5) is 10.5 Å². The first-order valence-electron chi connectivity index (χ1n) is 4.98. The number of rotatable bonds is 2. The first kappa shape index (κ1) is 10.5. The summed E-state index contributed by atoms with van der Waals surface area (Å²) in [6.07, 6.45) is 0.406. The molecule has 1 aromatic carbocycles. The summed E-state index contributed by atoms with van der Waals surface area (Å²) < 4.78 is 0. The van der Waals surface area contributed by atoms with Crippen molar-refractivity contribution in [1.29, 1.82) is 0 Å². The maximum atomic E-state index is 11.1. The summed E-state index contributed by atoms with van der Waals surface area (Å²) >= 11 is 0. The lowest BCUT2D eigenvalue weighted by Gasteiger charge is -2.14. The first-order valence-corrected chi connectivity index (χ1v) is 4.98. The zero-order chi connectivity index (χ0) is 11.7. The Morgan fingerprint density at radius 2 is 2.31 bits per heavy atom. The van der Waals surface area contributed by atoms with E-state index in [9.17, 15) is 9.59 Å². The molecule has 3 N–H and O–H groups in total. The molecule has 0 atom stereocenters. The highest BCUT2D eigenvalue weighted by Crippen LogP contribution is 2.24. The number of fused-ring (bicyclic) bond motifs is 1. The molecule has 0 fully saturated rings. The fourth-order valence-electron chi connectivity index (χ4n) is 1.73. The van der Waals surface area contributed by atoms with Gasteiger partial charge in [0, 0.05) is 19.3 Å². The van der Waals surface area contributed by atoms with Gasteiger partial charge in [-0.05, 0) is 17.2 Å². The molecule has 0 spiro atoms. The molecule has 0 saturated carbocycles. The van der Waals surface area contributed by atoms with Crippen molar-refractivity contribution >= 4 is 17.6 Å². The van der Waals surface area contributed by atoms with Crippen LogP contribution in [0.1, 0.15) is 11.1 Å². The third-order valence-electron chi connectivity index (χ3n) is 2.59. The molecule has 0 unspecified atom stereocenters. The van der Waals surface area contributed by atoms with Crippen molar-refractivity contribution in [1.82, 2.24) is 4.90 Å². The summed E-state index contributed by atoms with van der Waals surface area (Å²) in [5.41, 5.74) is 7.94. The van der Waals surface area contributed by atoms with Crippen molar-refractivity contribution in [2.75, 3.05) is 12.4 Å². The van der Waals surface area contributed by atoms with Crippen LogP contribution in [-0.4, -0.2) is 23.9 Å². The van der Waals surface area contributed by atoms with Crippen LogP contribution < -0.4 is 11.1 Å². The molecular weight excluding hydrogens is 206 g/mol. The topological polar surface area (TPSA) is 75.4 Å². The van der Waals surface area contributed by atoms with E-state index in [1.165, 1.54) is 4.90 Å². The van der Waals surface area contributed by atoms with Crippen molar-refractivity contribution in [2.45, 2.75) is 13.0 Å². The summed E-state index contributed by atoms with van der Waals surface area (Å²) in [6.45, 7) is 0.455. The molecule has 84 valence electrons. The molecule has 16 heavy (non-hydrogen) atoms. The summed E-state index contributed by atoms with van der Waals surface area (Å²) in [5, 5.41) is 2.76. The predicted octanol–water partition coefficient (Wildman–Crippen LogP) is 0.692. The number of hydrogen-bond acceptors (Lipinski definition) is 2. The number of amides is 3. The van der Waals surface area contributed by atoms with E-state index in [0.29, 0.717) is 13.0 Å². The lowest BCUT2D eigenvalue weighted by molar-refractivity contribution is -0.115. The Bertz CT molecular complexity index is 457. The predicted molar refractivity (Wildman–Crippen MR) is 59.8 cm³/mol. The minimum atomic E-state index is -0.463. The molecule has 3 amide bonds. The molecule has 2 rings (SSSR count). The monoisotopic (exact) mass is 219 g/mol. The van der Waals surface area contributed by atoms with Gasteiger partial charge < -0.3 is 16.0 Å². The lowest BCUT2D eigenvalue weighted by Crippen LogP contribution is -2.31. The summed E-state index contributed by atoms with van der Waals surface area (Å²) in [5.74, 6) is 0.00964. The second-order valence-electron chi connectivity index (χ2n) is 3.91. The van der Waals surface area contributed by atoms with Crippen LogP contribution in [0.3, 0.4) is 0 Å². The number of anilines is 1. The van der Waals surface area contributed by atoms with Gasteiger partial charge in [-0.2, -0.15) is 0 Å². The van der Waals surface area contributed by atoms with Gasteiger partial charge in [0.1, 0.15) is 0 Å². The first-order chi connectivity index (χ1) is 7.56. The zero-order valence-electron chi connectivity index (χ0n) is 8.99. The van der Waals surface area contributed by atoms with Crippen LogP contribution in [0.2, 0.25) is 0 Å². The average molecular weight is 219 g/mol. The van der Waals surface area contributed by atoms with Gasteiger partial charge in [-0.15, -0.1) is 0 Å². The molecule has 0 bridgehead atoms. The van der Waals surface area contributed by atoms with Gasteiger partial charge in [-0.3, -0.25) is 4.79 Å². The van der Waals surface area contributed by atoms with Gasteiger partial charge in [-0.1, -0.05) is 12.1 Å². The van der Waals surface area contributed by atoms with Crippen LogP contribution in [0, 0.1) is 0 Å². The molecule has 0 aromatic heterocycles. The minimum absolute atomic E-state index is 0.00964. The molecule has 0 aliphatic carbocycles. The maximum absolute atomic E-state index is 11.1. The van der Waals surface area contributed by atoms with Crippen molar-refractivity contribution in [3.8, 4) is 0 Å². The Kier molecular flexibility index (Phi) is 2.52. The summed E-state index contributed by atoms with van der Waals surface area (Å²) in [4.78, 5) is 23.4. The Morgan fingerprint density at radius 3 is 3.00 bits per heavy atom. The number of nitrogens with zero attached hydrogens (tertiary/aromatic N) is 1. The van der Waals surface area contributed by atoms with Crippen molar-refractivity contribution < 1.29 is 9.59 Å². The highest BCUT2D eigenvalue weighted by atomic mass is 16.2. The fourth-order valence-corrected chi connectivity index (χ4v) is 1.73. The minimum Gasteiger partial charge on any atom is -0.351 e. The second-order valence-corrected chi connectivity index (χ2v) is 3.91. The molecule has 0 radical (unpaired) electrons. The number of carbonyl (C=O) groups is 2. The molecule has 1 aromatic rings. The Labute approximate surface area is 93.2 Å². The molecule has 5 heteroatoms. The van der Waals surface area contributed by atoms with Crippen LogP contribution in [0.15, 0.2) is 18.2 Å². The quantitative estimate of drug-likeness (QED) is 0.767. The summed E-state index contributed by atoms with van der Waals surface area (Å²) in [6, 6.07) is 5.19. The number of carbonyl (C=O) groups excluding carboxylic acids is 2. The van der Waals surface area contributed by atoms with E-state index in [4.69, 9.17) is 5.73 Å². The van der Waals surface area contributed by atoms with Crippen molar-refractivity contribution in [3.63, 3.8) is 0 Å². The van der Waals surface area contributed by atoms with Gasteiger partial charge in [0.05, 0.1) is 6.42 Å².